The quantitative estimate of drug-likeness (QED) is 0.900. The van der Waals surface area contributed by atoms with Gasteiger partial charge in [0, 0.05) is 19.0 Å². The number of nitrogens with zero attached hydrogens (tertiary/aromatic N) is 3. The van der Waals surface area contributed by atoms with Crippen LogP contribution in [-0.4, -0.2) is 45.4 Å². The highest BCUT2D eigenvalue weighted by Gasteiger charge is 2.50. The van der Waals surface area contributed by atoms with Gasteiger partial charge in [0.15, 0.2) is 0 Å². The highest BCUT2D eigenvalue weighted by atomic mass is 16.6. The Hall–Kier alpha value is -1.79. The summed E-state index contributed by atoms with van der Waals surface area (Å²) in [5.74, 6) is 1.18. The Labute approximate surface area is 148 Å². The van der Waals surface area contributed by atoms with Gasteiger partial charge >= 0.3 is 12.1 Å². The molecule has 0 aromatic carbocycles. The third-order valence-electron chi connectivity index (χ3n) is 5.70. The summed E-state index contributed by atoms with van der Waals surface area (Å²) in [6, 6.07) is 0.455. The van der Waals surface area contributed by atoms with Crippen molar-refractivity contribution in [3.63, 3.8) is 0 Å². The number of carbonyl (C=O) groups is 1. The summed E-state index contributed by atoms with van der Waals surface area (Å²) in [6.45, 7) is 8.78. The van der Waals surface area contributed by atoms with E-state index in [9.17, 15) is 4.79 Å². The number of rotatable bonds is 3. The van der Waals surface area contributed by atoms with Crippen molar-refractivity contribution in [1.82, 2.24) is 15.1 Å². The summed E-state index contributed by atoms with van der Waals surface area (Å²) < 4.78 is 11.2. The van der Waals surface area contributed by atoms with Crippen molar-refractivity contribution < 1.29 is 13.9 Å². The van der Waals surface area contributed by atoms with Gasteiger partial charge in [-0.3, -0.25) is 0 Å². The van der Waals surface area contributed by atoms with Crippen molar-refractivity contribution in [2.75, 3.05) is 18.4 Å². The number of anilines is 1. The van der Waals surface area contributed by atoms with Crippen molar-refractivity contribution in [2.45, 2.75) is 76.9 Å². The predicted molar refractivity (Wildman–Crippen MR) is 92.4 cm³/mol. The molecule has 1 N–H and O–H groups in total. The van der Waals surface area contributed by atoms with Crippen LogP contribution in [-0.2, 0) is 4.74 Å². The Morgan fingerprint density at radius 2 is 1.96 bits per heavy atom. The summed E-state index contributed by atoms with van der Waals surface area (Å²) in [4.78, 5) is 13.7. The molecule has 3 fully saturated rings. The average Bonchev–Trinajstić information content (AvgIpc) is 2.78. The number of nitrogens with one attached hydrogen (secondary N) is 1. The van der Waals surface area contributed by atoms with E-state index in [1.807, 2.05) is 27.7 Å². The molecular weight excluding hydrogens is 320 g/mol. The largest absolute Gasteiger partial charge is 0.444 e. The molecule has 1 saturated heterocycles. The Kier molecular flexibility index (Phi) is 3.57. The van der Waals surface area contributed by atoms with Crippen molar-refractivity contribution in [1.29, 1.82) is 0 Å². The SMILES string of the molecule is CC1(Nc2nnc(C3CC4(CCC4)C3)o2)CN(C(=O)OC(C)(C)C)C1. The zero-order valence-corrected chi connectivity index (χ0v) is 15.6. The normalized spacial score (nSPS) is 24.2. The second-order valence-corrected chi connectivity index (χ2v) is 9.43. The second kappa shape index (κ2) is 5.35. The van der Waals surface area contributed by atoms with E-state index in [-0.39, 0.29) is 11.6 Å². The van der Waals surface area contributed by atoms with Crippen LogP contribution in [0.15, 0.2) is 4.42 Å². The van der Waals surface area contributed by atoms with E-state index in [0.717, 1.165) is 5.89 Å². The van der Waals surface area contributed by atoms with Gasteiger partial charge in [0.05, 0.1) is 5.54 Å². The summed E-state index contributed by atoms with van der Waals surface area (Å²) in [7, 11) is 0. The molecule has 2 saturated carbocycles. The van der Waals surface area contributed by atoms with Crippen molar-refractivity contribution in [3.8, 4) is 0 Å². The van der Waals surface area contributed by atoms with Gasteiger partial charge in [-0.1, -0.05) is 11.5 Å². The molecule has 2 aliphatic carbocycles. The lowest BCUT2D eigenvalue weighted by molar-refractivity contribution is -0.00238. The molecule has 7 nitrogen and oxygen atoms in total. The molecule has 7 heteroatoms. The van der Waals surface area contributed by atoms with Crippen LogP contribution in [0.5, 0.6) is 0 Å². The molecule has 1 spiro atoms. The first-order valence-corrected chi connectivity index (χ1v) is 9.25. The lowest BCUT2D eigenvalue weighted by atomic mass is 9.52. The molecule has 0 radical (unpaired) electrons. The molecule has 1 aromatic heterocycles. The second-order valence-electron chi connectivity index (χ2n) is 9.43. The van der Waals surface area contributed by atoms with Gasteiger partial charge in [-0.05, 0) is 58.8 Å². The highest BCUT2D eigenvalue weighted by Crippen LogP contribution is 2.61. The maximum Gasteiger partial charge on any atom is 0.410 e. The molecule has 1 aliphatic heterocycles. The smallest absolute Gasteiger partial charge is 0.410 e. The van der Waals surface area contributed by atoms with E-state index < -0.39 is 5.60 Å². The lowest BCUT2D eigenvalue weighted by Gasteiger charge is -2.53. The van der Waals surface area contributed by atoms with E-state index in [4.69, 9.17) is 9.15 Å². The zero-order valence-electron chi connectivity index (χ0n) is 15.6. The topological polar surface area (TPSA) is 80.5 Å². The molecule has 1 aromatic rings. The monoisotopic (exact) mass is 348 g/mol. The Balaban J connectivity index is 1.28. The molecule has 25 heavy (non-hydrogen) atoms. The molecule has 4 rings (SSSR count). The molecule has 2 heterocycles. The van der Waals surface area contributed by atoms with Crippen LogP contribution in [0.1, 0.15) is 71.6 Å². The summed E-state index contributed by atoms with van der Waals surface area (Å²) in [5.41, 5.74) is -0.130. The third-order valence-corrected chi connectivity index (χ3v) is 5.70. The molecule has 0 bridgehead atoms. The van der Waals surface area contributed by atoms with Gasteiger partial charge in [-0.15, -0.1) is 5.10 Å². The van der Waals surface area contributed by atoms with Crippen LogP contribution in [0, 0.1) is 5.41 Å². The van der Waals surface area contributed by atoms with E-state index in [1.54, 1.807) is 4.90 Å². The van der Waals surface area contributed by atoms with Gasteiger partial charge in [0.25, 0.3) is 0 Å². The van der Waals surface area contributed by atoms with E-state index in [2.05, 4.69) is 15.5 Å². The van der Waals surface area contributed by atoms with E-state index in [1.165, 1.54) is 32.1 Å². The van der Waals surface area contributed by atoms with Gasteiger partial charge in [-0.25, -0.2) is 4.79 Å². The van der Waals surface area contributed by atoms with Gasteiger partial charge < -0.3 is 19.4 Å². The first-order chi connectivity index (χ1) is 11.7. The van der Waals surface area contributed by atoms with Crippen molar-refractivity contribution in [2.24, 2.45) is 5.41 Å². The van der Waals surface area contributed by atoms with Gasteiger partial charge in [0.1, 0.15) is 5.60 Å². The van der Waals surface area contributed by atoms with Gasteiger partial charge in [0.2, 0.25) is 5.89 Å². The van der Waals surface area contributed by atoms with Crippen LogP contribution in [0.2, 0.25) is 0 Å². The Bertz CT molecular complexity index is 660. The lowest BCUT2D eigenvalue weighted by Crippen LogP contribution is -2.66. The molecule has 138 valence electrons. The maximum atomic E-state index is 12.0. The van der Waals surface area contributed by atoms with Crippen molar-refractivity contribution in [3.05, 3.63) is 5.89 Å². The number of hydrogen-bond acceptors (Lipinski definition) is 6. The first kappa shape index (κ1) is 16.7. The molecular formula is C18H28N4O3. The van der Waals surface area contributed by atoms with Crippen LogP contribution in [0.25, 0.3) is 0 Å². The maximum absolute atomic E-state index is 12.0. The number of likely N-dealkylation sites (tertiary alicyclic amines) is 1. The predicted octanol–water partition coefficient (Wildman–Crippen LogP) is 3.54. The minimum Gasteiger partial charge on any atom is -0.444 e. The highest BCUT2D eigenvalue weighted by molar-refractivity contribution is 5.70. The number of hydrogen-bond donors (Lipinski definition) is 1. The van der Waals surface area contributed by atoms with Gasteiger partial charge in [-0.2, -0.15) is 0 Å². The first-order valence-electron chi connectivity index (χ1n) is 9.25. The molecule has 3 aliphatic rings. The zero-order chi connectivity index (χ0) is 17.9. The van der Waals surface area contributed by atoms with Crippen LogP contribution < -0.4 is 5.32 Å². The number of aromatic nitrogens is 2. The molecule has 0 unspecified atom stereocenters. The third kappa shape index (κ3) is 3.20. The summed E-state index contributed by atoms with van der Waals surface area (Å²) >= 11 is 0. The number of carbonyl (C=O) groups excluding carboxylic acids is 1. The minimum absolute atomic E-state index is 0.254. The van der Waals surface area contributed by atoms with Crippen LogP contribution in [0.4, 0.5) is 10.8 Å². The van der Waals surface area contributed by atoms with Crippen LogP contribution >= 0.6 is 0 Å². The molecule has 0 atom stereocenters. The number of ether oxygens (including phenoxy) is 1. The van der Waals surface area contributed by atoms with Crippen LogP contribution in [0.3, 0.4) is 0 Å². The Morgan fingerprint density at radius 1 is 1.28 bits per heavy atom. The fraction of sp³-hybridized carbons (Fsp3) is 0.833. The van der Waals surface area contributed by atoms with Crippen molar-refractivity contribution >= 4 is 12.1 Å². The standard InChI is InChI=1S/C18H28N4O3/c1-16(2,3)25-15(23)22-10-17(4,11-22)19-14-21-20-13(24-14)12-8-18(9-12)6-5-7-18/h12H,5-11H2,1-4H3,(H,19,21). The number of amides is 1. The minimum atomic E-state index is -0.474. The molecule has 1 amide bonds. The average molecular weight is 348 g/mol. The fourth-order valence-corrected chi connectivity index (χ4v) is 4.28. The summed E-state index contributed by atoms with van der Waals surface area (Å²) in [6.07, 6.45) is 6.20. The fourth-order valence-electron chi connectivity index (χ4n) is 4.28. The Morgan fingerprint density at radius 3 is 2.52 bits per heavy atom. The van der Waals surface area contributed by atoms with E-state index in [0.29, 0.717) is 30.4 Å². The summed E-state index contributed by atoms with van der Waals surface area (Å²) in [5, 5.41) is 11.7. The van der Waals surface area contributed by atoms with E-state index >= 15 is 0 Å².